The average molecular weight is 284 g/mol. The minimum atomic E-state index is -0.747. The molecule has 20 heavy (non-hydrogen) atoms. The Balaban J connectivity index is 1.84. The van der Waals surface area contributed by atoms with Crippen LogP contribution in [0.2, 0.25) is 0 Å². The third-order valence-electron chi connectivity index (χ3n) is 4.06. The third-order valence-corrected chi connectivity index (χ3v) is 4.06. The predicted molar refractivity (Wildman–Crippen MR) is 67.8 cm³/mol. The minimum absolute atomic E-state index is 0.288. The highest BCUT2D eigenvalue weighted by Gasteiger charge is 2.60. The molecule has 1 spiro atoms. The highest BCUT2D eigenvalue weighted by atomic mass is 16.8. The van der Waals surface area contributed by atoms with Gasteiger partial charge in [0.25, 0.3) is 0 Å². The summed E-state index contributed by atoms with van der Waals surface area (Å²) in [6, 6.07) is 0. The Kier molecular flexibility index (Phi) is 3.17. The number of ether oxygens (including phenoxy) is 5. The van der Waals surface area contributed by atoms with Crippen molar-refractivity contribution < 1.29 is 28.5 Å². The van der Waals surface area contributed by atoms with E-state index in [0.717, 1.165) is 0 Å². The molecule has 0 radical (unpaired) electrons. The van der Waals surface area contributed by atoms with Gasteiger partial charge in [0, 0.05) is 25.5 Å². The smallest absolute Gasteiger partial charge is 0.334 e. The van der Waals surface area contributed by atoms with Gasteiger partial charge in [-0.15, -0.1) is 0 Å². The second kappa shape index (κ2) is 4.53. The van der Waals surface area contributed by atoms with Gasteiger partial charge in [0.1, 0.15) is 12.2 Å². The summed E-state index contributed by atoms with van der Waals surface area (Å²) in [5.41, 5.74) is -0.281. The standard InChI is InChI=1S/C14H20O6/c1-8-5-14(20-12(8)15)6-10(16-4)18-11(14)9-7-17-13(2,3)19-9/h9-11H,1,5-7H2,2-4H3/t9-,10+,11-,14-/m1/s1. The first-order valence-electron chi connectivity index (χ1n) is 6.76. The maximum atomic E-state index is 11.7. The minimum Gasteiger partial charge on any atom is -0.452 e. The van der Waals surface area contributed by atoms with Crippen LogP contribution in [0, 0.1) is 0 Å². The number of carbonyl (C=O) groups is 1. The molecule has 0 aromatic heterocycles. The van der Waals surface area contributed by atoms with Crippen LogP contribution in [0.5, 0.6) is 0 Å². The number of hydrogen-bond donors (Lipinski definition) is 0. The van der Waals surface area contributed by atoms with Crippen molar-refractivity contribution in [2.75, 3.05) is 13.7 Å². The van der Waals surface area contributed by atoms with Crippen LogP contribution in [0.1, 0.15) is 26.7 Å². The summed E-state index contributed by atoms with van der Waals surface area (Å²) in [4.78, 5) is 11.7. The van der Waals surface area contributed by atoms with E-state index in [2.05, 4.69) is 6.58 Å². The lowest BCUT2D eigenvalue weighted by atomic mass is 9.87. The Morgan fingerprint density at radius 3 is 2.65 bits per heavy atom. The topological polar surface area (TPSA) is 63.2 Å². The van der Waals surface area contributed by atoms with Crippen molar-refractivity contribution in [3.05, 3.63) is 12.2 Å². The van der Waals surface area contributed by atoms with Gasteiger partial charge in [-0.1, -0.05) is 6.58 Å². The number of hydrogen-bond acceptors (Lipinski definition) is 6. The van der Waals surface area contributed by atoms with Crippen molar-refractivity contribution in [3.63, 3.8) is 0 Å². The molecule has 6 heteroatoms. The Hall–Kier alpha value is -0.950. The third kappa shape index (κ3) is 2.16. The summed E-state index contributed by atoms with van der Waals surface area (Å²) in [5, 5.41) is 0. The number of methoxy groups -OCH3 is 1. The van der Waals surface area contributed by atoms with Gasteiger partial charge < -0.3 is 23.7 Å². The molecule has 3 saturated heterocycles. The fraction of sp³-hybridized carbons (Fsp3) is 0.786. The van der Waals surface area contributed by atoms with Gasteiger partial charge in [-0.3, -0.25) is 0 Å². The SMILES string of the molecule is C=C1C[C@]2(C[C@@H](OC)O[C@@H]2[C@H]2COC(C)(C)O2)OC1=O. The molecule has 0 aliphatic carbocycles. The summed E-state index contributed by atoms with van der Waals surface area (Å²) in [5.74, 6) is -1.02. The molecule has 0 saturated carbocycles. The van der Waals surface area contributed by atoms with E-state index >= 15 is 0 Å². The van der Waals surface area contributed by atoms with E-state index in [9.17, 15) is 4.79 Å². The second-order valence-corrected chi connectivity index (χ2v) is 6.03. The summed E-state index contributed by atoms with van der Waals surface area (Å²) in [6.07, 6.45) is -0.178. The van der Waals surface area contributed by atoms with E-state index in [0.29, 0.717) is 25.0 Å². The average Bonchev–Trinajstić information content (AvgIpc) is 2.98. The molecule has 4 atom stereocenters. The zero-order valence-electron chi connectivity index (χ0n) is 12.0. The predicted octanol–water partition coefficient (Wildman–Crippen LogP) is 1.14. The van der Waals surface area contributed by atoms with E-state index in [4.69, 9.17) is 23.7 Å². The maximum absolute atomic E-state index is 11.7. The van der Waals surface area contributed by atoms with Gasteiger partial charge in [0.05, 0.1) is 6.61 Å². The van der Waals surface area contributed by atoms with Crippen LogP contribution >= 0.6 is 0 Å². The normalized spacial score (nSPS) is 43.5. The molecule has 0 bridgehead atoms. The van der Waals surface area contributed by atoms with Crippen LogP contribution in [0.4, 0.5) is 0 Å². The molecule has 3 rings (SSSR count). The summed E-state index contributed by atoms with van der Waals surface area (Å²) >= 11 is 0. The van der Waals surface area contributed by atoms with Gasteiger partial charge in [0.2, 0.25) is 0 Å². The van der Waals surface area contributed by atoms with E-state index in [1.165, 1.54) is 0 Å². The lowest BCUT2D eigenvalue weighted by Gasteiger charge is -2.30. The van der Waals surface area contributed by atoms with Gasteiger partial charge in [-0.25, -0.2) is 4.79 Å². The highest BCUT2D eigenvalue weighted by molar-refractivity contribution is 5.90. The van der Waals surface area contributed by atoms with Gasteiger partial charge in [-0.2, -0.15) is 0 Å². The van der Waals surface area contributed by atoms with E-state index in [1.54, 1.807) is 7.11 Å². The molecular formula is C14H20O6. The van der Waals surface area contributed by atoms with Crippen molar-refractivity contribution in [1.82, 2.24) is 0 Å². The van der Waals surface area contributed by atoms with Crippen molar-refractivity contribution in [2.45, 2.75) is 56.6 Å². The van der Waals surface area contributed by atoms with E-state index < -0.39 is 23.8 Å². The second-order valence-electron chi connectivity index (χ2n) is 6.03. The molecule has 6 nitrogen and oxygen atoms in total. The number of esters is 1. The van der Waals surface area contributed by atoms with Gasteiger partial charge in [-0.05, 0) is 13.8 Å². The number of carbonyl (C=O) groups excluding carboxylic acids is 1. The molecule has 0 unspecified atom stereocenters. The molecule has 3 aliphatic rings. The van der Waals surface area contributed by atoms with Crippen LogP contribution in [0.25, 0.3) is 0 Å². The number of rotatable bonds is 2. The summed E-state index contributed by atoms with van der Waals surface area (Å²) in [7, 11) is 1.57. The van der Waals surface area contributed by atoms with E-state index in [-0.39, 0.29) is 12.1 Å². The zero-order valence-corrected chi connectivity index (χ0v) is 12.0. The molecule has 3 fully saturated rings. The van der Waals surface area contributed by atoms with Crippen LogP contribution in [-0.2, 0) is 28.5 Å². The monoisotopic (exact) mass is 284 g/mol. The molecule has 0 amide bonds. The maximum Gasteiger partial charge on any atom is 0.334 e. The van der Waals surface area contributed by atoms with Crippen molar-refractivity contribution >= 4 is 5.97 Å². The zero-order chi connectivity index (χ0) is 14.5. The van der Waals surface area contributed by atoms with Crippen LogP contribution in [0.15, 0.2) is 12.2 Å². The fourth-order valence-corrected chi connectivity index (χ4v) is 3.16. The Morgan fingerprint density at radius 1 is 1.40 bits per heavy atom. The summed E-state index contributed by atoms with van der Waals surface area (Å²) < 4.78 is 28.2. The molecule has 112 valence electrons. The van der Waals surface area contributed by atoms with Crippen molar-refractivity contribution in [2.24, 2.45) is 0 Å². The van der Waals surface area contributed by atoms with Gasteiger partial charge in [0.15, 0.2) is 17.7 Å². The quantitative estimate of drug-likeness (QED) is 0.560. The lowest BCUT2D eigenvalue weighted by molar-refractivity contribution is -0.191. The first kappa shape index (κ1) is 14.0. The molecule has 3 heterocycles. The van der Waals surface area contributed by atoms with Crippen molar-refractivity contribution in [3.8, 4) is 0 Å². The van der Waals surface area contributed by atoms with Crippen LogP contribution < -0.4 is 0 Å². The molecule has 3 aliphatic heterocycles. The molecular weight excluding hydrogens is 264 g/mol. The summed E-state index contributed by atoms with van der Waals surface area (Å²) in [6.45, 7) is 7.85. The Labute approximate surface area is 118 Å². The van der Waals surface area contributed by atoms with Crippen LogP contribution in [0.3, 0.4) is 0 Å². The molecule has 0 aromatic rings. The van der Waals surface area contributed by atoms with Gasteiger partial charge >= 0.3 is 5.97 Å². The van der Waals surface area contributed by atoms with Crippen molar-refractivity contribution in [1.29, 1.82) is 0 Å². The first-order chi connectivity index (χ1) is 9.35. The largest absolute Gasteiger partial charge is 0.452 e. The molecule has 0 aromatic carbocycles. The Bertz CT molecular complexity index is 427. The first-order valence-corrected chi connectivity index (χ1v) is 6.76. The Morgan fingerprint density at radius 2 is 2.15 bits per heavy atom. The van der Waals surface area contributed by atoms with E-state index in [1.807, 2.05) is 13.8 Å². The lowest BCUT2D eigenvalue weighted by Crippen LogP contribution is -2.47. The molecule has 0 N–H and O–H groups in total. The fourth-order valence-electron chi connectivity index (χ4n) is 3.16. The van der Waals surface area contributed by atoms with Crippen LogP contribution in [-0.4, -0.2) is 49.6 Å². The highest BCUT2D eigenvalue weighted by Crippen LogP contribution is 2.47.